The lowest BCUT2D eigenvalue weighted by Crippen LogP contribution is -2.13. The van der Waals surface area contributed by atoms with Crippen LogP contribution in [0, 0.1) is 6.92 Å². The second-order valence-electron chi connectivity index (χ2n) is 5.12. The second-order valence-corrected chi connectivity index (χ2v) is 6.39. The summed E-state index contributed by atoms with van der Waals surface area (Å²) in [5.41, 5.74) is 2.42. The Balaban J connectivity index is 2.13. The van der Waals surface area contributed by atoms with Crippen LogP contribution in [-0.2, 0) is 7.05 Å². The third kappa shape index (κ3) is 1.74. The van der Waals surface area contributed by atoms with E-state index in [1.54, 1.807) is 11.3 Å². The molecule has 0 fully saturated rings. The third-order valence-electron chi connectivity index (χ3n) is 3.67. The Kier molecular flexibility index (Phi) is 2.53. The molecule has 0 atom stereocenters. The highest BCUT2D eigenvalue weighted by Gasteiger charge is 2.20. The van der Waals surface area contributed by atoms with Gasteiger partial charge < -0.3 is 4.57 Å². The first-order valence-electron chi connectivity index (χ1n) is 6.69. The summed E-state index contributed by atoms with van der Waals surface area (Å²) in [6, 6.07) is 12.0. The van der Waals surface area contributed by atoms with Gasteiger partial charge >= 0.3 is 0 Å². The van der Waals surface area contributed by atoms with E-state index < -0.39 is 0 Å². The van der Waals surface area contributed by atoms with Gasteiger partial charge in [0.25, 0.3) is 5.56 Å². The highest BCUT2D eigenvalue weighted by molar-refractivity contribution is 7.14. The summed E-state index contributed by atoms with van der Waals surface area (Å²) < 4.78 is 3.49. The summed E-state index contributed by atoms with van der Waals surface area (Å²) >= 11 is 1.57. The molecule has 4 nitrogen and oxygen atoms in total. The first-order valence-corrected chi connectivity index (χ1v) is 7.51. The first-order chi connectivity index (χ1) is 10.1. The standard InChI is InChI=1S/C16H13N3OS/c1-10-7-8-14(21-10)19-16(20)12-9-18(2)13-6-4-3-5-11(13)15(12)17-19/h3-9H,1-2H3. The lowest BCUT2D eigenvalue weighted by atomic mass is 10.1. The van der Waals surface area contributed by atoms with Gasteiger partial charge in [-0.2, -0.15) is 9.78 Å². The van der Waals surface area contributed by atoms with Gasteiger partial charge in [0.05, 0.1) is 5.56 Å². The van der Waals surface area contributed by atoms with Crippen molar-refractivity contribution in [2.45, 2.75) is 6.92 Å². The molecule has 0 spiro atoms. The summed E-state index contributed by atoms with van der Waals surface area (Å²) in [4.78, 5) is 13.8. The summed E-state index contributed by atoms with van der Waals surface area (Å²) in [5, 5.41) is 6.43. The summed E-state index contributed by atoms with van der Waals surface area (Å²) in [6.07, 6.45) is 1.87. The minimum Gasteiger partial charge on any atom is -0.350 e. The monoisotopic (exact) mass is 295 g/mol. The van der Waals surface area contributed by atoms with E-state index in [1.165, 1.54) is 9.56 Å². The molecule has 0 saturated carbocycles. The average Bonchev–Trinajstić information content (AvgIpc) is 3.04. The van der Waals surface area contributed by atoms with Crippen LogP contribution in [0.5, 0.6) is 0 Å². The van der Waals surface area contributed by atoms with Crippen LogP contribution < -0.4 is 5.56 Å². The van der Waals surface area contributed by atoms with Gasteiger partial charge in [-0.25, -0.2) is 0 Å². The molecule has 0 bridgehead atoms. The van der Waals surface area contributed by atoms with E-state index in [9.17, 15) is 4.79 Å². The Morgan fingerprint density at radius 1 is 1.14 bits per heavy atom. The maximum Gasteiger partial charge on any atom is 0.283 e. The highest BCUT2D eigenvalue weighted by Crippen LogP contribution is 2.28. The first kappa shape index (κ1) is 12.3. The van der Waals surface area contributed by atoms with Crippen molar-refractivity contribution in [3.8, 4) is 16.3 Å². The molecule has 0 amide bonds. The minimum atomic E-state index is -0.0618. The second kappa shape index (κ2) is 4.30. The number of thiophene rings is 1. The van der Waals surface area contributed by atoms with Crippen LogP contribution in [0.25, 0.3) is 27.2 Å². The van der Waals surface area contributed by atoms with Gasteiger partial charge in [0.1, 0.15) is 10.7 Å². The SMILES string of the molecule is Cc1ccc(-n2nc3c4ccccc4n(C)cc-3c2=O)s1. The minimum absolute atomic E-state index is 0.0618. The summed E-state index contributed by atoms with van der Waals surface area (Å²) in [5.74, 6) is 0. The number of hydrogen-bond donors (Lipinski definition) is 0. The van der Waals surface area contributed by atoms with E-state index in [0.29, 0.717) is 5.56 Å². The molecule has 104 valence electrons. The van der Waals surface area contributed by atoms with Crippen molar-refractivity contribution in [1.29, 1.82) is 0 Å². The van der Waals surface area contributed by atoms with Gasteiger partial charge in [0.15, 0.2) is 0 Å². The molecule has 4 rings (SSSR count). The molecule has 0 aliphatic carbocycles. The number of rotatable bonds is 1. The van der Waals surface area contributed by atoms with Gasteiger partial charge in [0.2, 0.25) is 0 Å². The smallest absolute Gasteiger partial charge is 0.283 e. The number of pyridine rings is 1. The predicted octanol–water partition coefficient (Wildman–Crippen LogP) is 3.20. The van der Waals surface area contributed by atoms with Crippen LogP contribution in [0.3, 0.4) is 0 Å². The van der Waals surface area contributed by atoms with E-state index in [1.807, 2.05) is 61.1 Å². The molecule has 0 N–H and O–H groups in total. The number of aromatic nitrogens is 3. The summed E-state index contributed by atoms with van der Waals surface area (Å²) in [7, 11) is 1.95. The molecule has 2 aliphatic rings. The molecular weight excluding hydrogens is 282 g/mol. The number of hydrogen-bond acceptors (Lipinski definition) is 3. The fourth-order valence-corrected chi connectivity index (χ4v) is 3.47. The Labute approximate surface area is 125 Å². The van der Waals surface area contributed by atoms with Crippen LogP contribution in [-0.4, -0.2) is 14.3 Å². The lowest BCUT2D eigenvalue weighted by molar-refractivity contribution is 0.875. The third-order valence-corrected chi connectivity index (χ3v) is 4.65. The molecule has 5 heteroatoms. The maximum absolute atomic E-state index is 12.6. The Morgan fingerprint density at radius 3 is 2.71 bits per heavy atom. The van der Waals surface area contributed by atoms with E-state index in [-0.39, 0.29) is 5.56 Å². The fraction of sp³-hybridized carbons (Fsp3) is 0.125. The number of para-hydroxylation sites is 1. The normalized spacial score (nSPS) is 11.5. The highest BCUT2D eigenvalue weighted by atomic mass is 32.1. The molecule has 1 aromatic heterocycles. The van der Waals surface area contributed by atoms with E-state index in [0.717, 1.165) is 21.6 Å². The molecule has 0 unspecified atom stereocenters. The summed E-state index contributed by atoms with van der Waals surface area (Å²) in [6.45, 7) is 2.03. The van der Waals surface area contributed by atoms with Crippen molar-refractivity contribution in [1.82, 2.24) is 14.3 Å². The zero-order chi connectivity index (χ0) is 14.6. The van der Waals surface area contributed by atoms with Crippen molar-refractivity contribution in [2.24, 2.45) is 7.05 Å². The topological polar surface area (TPSA) is 39.8 Å². The van der Waals surface area contributed by atoms with Crippen molar-refractivity contribution in [2.75, 3.05) is 0 Å². The molecule has 0 saturated heterocycles. The maximum atomic E-state index is 12.6. The molecule has 21 heavy (non-hydrogen) atoms. The zero-order valence-corrected chi connectivity index (χ0v) is 12.5. The largest absolute Gasteiger partial charge is 0.350 e. The lowest BCUT2D eigenvalue weighted by Gasteiger charge is -2.08. The van der Waals surface area contributed by atoms with E-state index >= 15 is 0 Å². The van der Waals surface area contributed by atoms with Gasteiger partial charge in [-0.15, -0.1) is 11.3 Å². The number of nitrogens with zero attached hydrogens (tertiary/aromatic N) is 3. The van der Waals surface area contributed by atoms with E-state index in [2.05, 4.69) is 5.10 Å². The molecule has 0 radical (unpaired) electrons. The molecular formula is C16H13N3OS. The number of fused-ring (bicyclic) bond motifs is 3. The van der Waals surface area contributed by atoms with Crippen LogP contribution in [0.4, 0.5) is 0 Å². The molecule has 2 aromatic rings. The molecule has 2 aliphatic heterocycles. The number of benzene rings is 1. The van der Waals surface area contributed by atoms with Gasteiger partial charge in [-0.05, 0) is 25.1 Å². The van der Waals surface area contributed by atoms with Crippen LogP contribution in [0.15, 0.2) is 47.4 Å². The zero-order valence-electron chi connectivity index (χ0n) is 11.7. The van der Waals surface area contributed by atoms with Crippen molar-refractivity contribution < 1.29 is 0 Å². The van der Waals surface area contributed by atoms with Crippen LogP contribution in [0.1, 0.15) is 4.88 Å². The van der Waals surface area contributed by atoms with E-state index in [4.69, 9.17) is 0 Å². The van der Waals surface area contributed by atoms with Crippen molar-refractivity contribution >= 4 is 22.2 Å². The predicted molar refractivity (Wildman–Crippen MR) is 85.5 cm³/mol. The Bertz CT molecular complexity index is 992. The molecule has 3 heterocycles. The Morgan fingerprint density at radius 2 is 1.95 bits per heavy atom. The van der Waals surface area contributed by atoms with Crippen molar-refractivity contribution in [3.05, 3.63) is 57.8 Å². The fourth-order valence-electron chi connectivity index (χ4n) is 2.66. The van der Waals surface area contributed by atoms with Gasteiger partial charge in [0, 0.05) is 29.0 Å². The quantitative estimate of drug-likeness (QED) is 0.541. The van der Waals surface area contributed by atoms with Crippen molar-refractivity contribution in [3.63, 3.8) is 0 Å². The number of aryl methyl sites for hydroxylation is 2. The van der Waals surface area contributed by atoms with Crippen LogP contribution >= 0.6 is 11.3 Å². The Hall–Kier alpha value is -2.40. The van der Waals surface area contributed by atoms with Crippen LogP contribution in [0.2, 0.25) is 0 Å². The average molecular weight is 295 g/mol. The van der Waals surface area contributed by atoms with Gasteiger partial charge in [-0.3, -0.25) is 4.79 Å². The molecule has 1 aromatic carbocycles. The van der Waals surface area contributed by atoms with Gasteiger partial charge in [-0.1, -0.05) is 18.2 Å².